The Labute approximate surface area is 131 Å². The lowest BCUT2D eigenvalue weighted by molar-refractivity contribution is 0.112. The van der Waals surface area contributed by atoms with Crippen molar-refractivity contribution in [2.24, 2.45) is 0 Å². The first-order chi connectivity index (χ1) is 10.2. The van der Waals surface area contributed by atoms with Crippen molar-refractivity contribution >= 4 is 34.4 Å². The molecular formula is C14H15ClN2O3S. The minimum atomic E-state index is 0.239. The number of carbonyl (C=O) groups is 1. The molecule has 0 spiro atoms. The van der Waals surface area contributed by atoms with Gasteiger partial charge in [0.1, 0.15) is 4.88 Å². The molecule has 0 bridgehead atoms. The first kappa shape index (κ1) is 15.6. The van der Waals surface area contributed by atoms with Gasteiger partial charge in [-0.25, -0.2) is 4.98 Å². The maximum absolute atomic E-state index is 10.7. The fraction of sp³-hybridized carbons (Fsp3) is 0.286. The number of hydrogen-bond acceptors (Lipinski definition) is 6. The molecule has 1 N–H and O–H groups in total. The summed E-state index contributed by atoms with van der Waals surface area (Å²) in [5.41, 5.74) is 1.11. The molecule has 0 fully saturated rings. The summed E-state index contributed by atoms with van der Waals surface area (Å²) in [7, 11) is 3.22. The Hall–Kier alpha value is -1.79. The minimum Gasteiger partial charge on any atom is -0.493 e. The van der Waals surface area contributed by atoms with Crippen molar-refractivity contribution < 1.29 is 14.3 Å². The number of hydrogen-bond donors (Lipinski definition) is 1. The highest BCUT2D eigenvalue weighted by Crippen LogP contribution is 2.28. The molecule has 2 aromatic rings. The van der Waals surface area contributed by atoms with E-state index in [1.54, 1.807) is 14.2 Å². The number of ether oxygens (including phenoxy) is 2. The molecule has 0 atom stereocenters. The molecule has 112 valence electrons. The van der Waals surface area contributed by atoms with E-state index in [-0.39, 0.29) is 5.15 Å². The number of rotatable bonds is 7. The second-order valence-electron chi connectivity index (χ2n) is 4.16. The summed E-state index contributed by atoms with van der Waals surface area (Å²) in [6.07, 6.45) is 1.49. The van der Waals surface area contributed by atoms with Gasteiger partial charge in [0.15, 0.2) is 28.1 Å². The maximum atomic E-state index is 10.7. The molecule has 21 heavy (non-hydrogen) atoms. The molecule has 0 radical (unpaired) electrons. The molecule has 1 aromatic heterocycles. The lowest BCUT2D eigenvalue weighted by Crippen LogP contribution is -2.04. The van der Waals surface area contributed by atoms with Gasteiger partial charge in [0.25, 0.3) is 0 Å². The van der Waals surface area contributed by atoms with E-state index in [2.05, 4.69) is 10.3 Å². The van der Waals surface area contributed by atoms with Crippen LogP contribution in [0.3, 0.4) is 0 Å². The molecule has 0 aliphatic carbocycles. The molecule has 0 saturated heterocycles. The minimum absolute atomic E-state index is 0.239. The van der Waals surface area contributed by atoms with Crippen molar-refractivity contribution in [1.82, 2.24) is 4.98 Å². The average Bonchev–Trinajstić information content (AvgIpc) is 2.87. The van der Waals surface area contributed by atoms with Crippen LogP contribution in [0.1, 0.15) is 15.2 Å². The predicted octanol–water partition coefficient (Wildman–Crippen LogP) is 3.28. The van der Waals surface area contributed by atoms with E-state index in [4.69, 9.17) is 21.1 Å². The molecule has 5 nitrogen and oxygen atoms in total. The van der Waals surface area contributed by atoms with Crippen molar-refractivity contribution in [3.05, 3.63) is 33.8 Å². The second-order valence-corrected chi connectivity index (χ2v) is 5.55. The fourth-order valence-corrected chi connectivity index (χ4v) is 2.80. The summed E-state index contributed by atoms with van der Waals surface area (Å²) >= 11 is 7.05. The molecule has 0 saturated carbocycles. The fourth-order valence-electron chi connectivity index (χ4n) is 1.81. The lowest BCUT2D eigenvalue weighted by Gasteiger charge is -2.09. The highest BCUT2D eigenvalue weighted by Gasteiger charge is 2.08. The van der Waals surface area contributed by atoms with Gasteiger partial charge in [0.05, 0.1) is 14.2 Å². The summed E-state index contributed by atoms with van der Waals surface area (Å²) in [5.74, 6) is 1.41. The zero-order chi connectivity index (χ0) is 15.2. The Morgan fingerprint density at radius 3 is 2.71 bits per heavy atom. The number of anilines is 1. The van der Waals surface area contributed by atoms with E-state index >= 15 is 0 Å². The number of carbonyl (C=O) groups excluding carboxylic acids is 1. The summed E-state index contributed by atoms with van der Waals surface area (Å²) in [6.45, 7) is 0.678. The number of aromatic nitrogens is 1. The smallest absolute Gasteiger partial charge is 0.184 e. The van der Waals surface area contributed by atoms with Crippen LogP contribution in [0.2, 0.25) is 5.15 Å². The van der Waals surface area contributed by atoms with Gasteiger partial charge in [0, 0.05) is 6.54 Å². The molecule has 1 aromatic carbocycles. The van der Waals surface area contributed by atoms with Crippen LogP contribution in [0, 0.1) is 0 Å². The van der Waals surface area contributed by atoms with Gasteiger partial charge in [-0.1, -0.05) is 29.0 Å². The number of halogens is 1. The Morgan fingerprint density at radius 1 is 1.33 bits per heavy atom. The Kier molecular flexibility index (Phi) is 5.41. The standard InChI is InChI=1S/C14H15ClN2O3S/c1-19-10-4-3-9(7-11(10)20-2)5-6-16-14-17-13(15)12(8-18)21-14/h3-4,7-8H,5-6H2,1-2H3,(H,16,17). The van der Waals surface area contributed by atoms with Crippen LogP contribution in [0.25, 0.3) is 0 Å². The van der Waals surface area contributed by atoms with E-state index in [1.165, 1.54) is 11.3 Å². The van der Waals surface area contributed by atoms with Crippen LogP contribution in [0.15, 0.2) is 18.2 Å². The molecule has 2 rings (SSSR count). The first-order valence-corrected chi connectivity index (χ1v) is 7.43. The summed E-state index contributed by atoms with van der Waals surface area (Å²) in [5, 5.41) is 4.03. The number of aldehydes is 1. The third-order valence-electron chi connectivity index (χ3n) is 2.85. The van der Waals surface area contributed by atoms with Crippen LogP contribution < -0.4 is 14.8 Å². The van der Waals surface area contributed by atoms with Crippen LogP contribution in [0.4, 0.5) is 5.13 Å². The molecule has 0 unspecified atom stereocenters. The number of nitrogens with zero attached hydrogens (tertiary/aromatic N) is 1. The lowest BCUT2D eigenvalue weighted by atomic mass is 10.1. The van der Waals surface area contributed by atoms with Crippen LogP contribution in [-0.4, -0.2) is 32.0 Å². The van der Waals surface area contributed by atoms with Crippen LogP contribution >= 0.6 is 22.9 Å². The van der Waals surface area contributed by atoms with E-state index in [0.29, 0.717) is 34.3 Å². The van der Waals surface area contributed by atoms with Gasteiger partial charge in [-0.3, -0.25) is 4.79 Å². The number of methoxy groups -OCH3 is 2. The van der Waals surface area contributed by atoms with Crippen molar-refractivity contribution in [2.45, 2.75) is 6.42 Å². The van der Waals surface area contributed by atoms with Crippen molar-refractivity contribution in [1.29, 1.82) is 0 Å². The number of thiazole rings is 1. The average molecular weight is 327 g/mol. The zero-order valence-corrected chi connectivity index (χ0v) is 13.3. The van der Waals surface area contributed by atoms with Gasteiger partial charge >= 0.3 is 0 Å². The van der Waals surface area contributed by atoms with E-state index in [1.807, 2.05) is 18.2 Å². The highest BCUT2D eigenvalue weighted by molar-refractivity contribution is 7.17. The van der Waals surface area contributed by atoms with Gasteiger partial charge in [-0.2, -0.15) is 0 Å². The molecular weight excluding hydrogens is 312 g/mol. The van der Waals surface area contributed by atoms with E-state index in [0.717, 1.165) is 12.0 Å². The summed E-state index contributed by atoms with van der Waals surface area (Å²) in [6, 6.07) is 5.79. The van der Waals surface area contributed by atoms with E-state index in [9.17, 15) is 4.79 Å². The highest BCUT2D eigenvalue weighted by atomic mass is 35.5. The molecule has 0 aliphatic rings. The third-order valence-corrected chi connectivity index (χ3v) is 4.19. The van der Waals surface area contributed by atoms with Crippen molar-refractivity contribution in [3.8, 4) is 11.5 Å². The Balaban J connectivity index is 1.95. The maximum Gasteiger partial charge on any atom is 0.184 e. The molecule has 0 amide bonds. The zero-order valence-electron chi connectivity index (χ0n) is 11.7. The SMILES string of the molecule is COc1ccc(CCNc2nc(Cl)c(C=O)s2)cc1OC. The first-order valence-electron chi connectivity index (χ1n) is 6.24. The largest absolute Gasteiger partial charge is 0.493 e. The van der Waals surface area contributed by atoms with E-state index < -0.39 is 0 Å². The molecule has 0 aliphatic heterocycles. The van der Waals surface area contributed by atoms with Gasteiger partial charge < -0.3 is 14.8 Å². The third kappa shape index (κ3) is 3.86. The summed E-state index contributed by atoms with van der Waals surface area (Å²) in [4.78, 5) is 15.2. The van der Waals surface area contributed by atoms with Crippen LogP contribution in [-0.2, 0) is 6.42 Å². The Morgan fingerprint density at radius 2 is 2.10 bits per heavy atom. The molecule has 7 heteroatoms. The Bertz CT molecular complexity index is 631. The van der Waals surface area contributed by atoms with Gasteiger partial charge in [0.2, 0.25) is 0 Å². The topological polar surface area (TPSA) is 60.5 Å². The number of benzene rings is 1. The predicted molar refractivity (Wildman–Crippen MR) is 84.3 cm³/mol. The molecule has 1 heterocycles. The quantitative estimate of drug-likeness (QED) is 0.791. The monoisotopic (exact) mass is 326 g/mol. The van der Waals surface area contributed by atoms with Gasteiger partial charge in [-0.05, 0) is 24.1 Å². The van der Waals surface area contributed by atoms with Crippen molar-refractivity contribution in [3.63, 3.8) is 0 Å². The van der Waals surface area contributed by atoms with Gasteiger partial charge in [-0.15, -0.1) is 0 Å². The summed E-state index contributed by atoms with van der Waals surface area (Å²) < 4.78 is 10.5. The number of nitrogens with one attached hydrogen (secondary N) is 1. The second kappa shape index (κ2) is 7.28. The normalized spacial score (nSPS) is 10.2. The van der Waals surface area contributed by atoms with Crippen LogP contribution in [0.5, 0.6) is 11.5 Å². The van der Waals surface area contributed by atoms with Crippen molar-refractivity contribution in [2.75, 3.05) is 26.1 Å².